The van der Waals surface area contributed by atoms with E-state index in [0.717, 1.165) is 0 Å². The summed E-state index contributed by atoms with van der Waals surface area (Å²) >= 11 is 3.09. The second-order valence-corrected chi connectivity index (χ2v) is 8.65. The number of nitrogens with one attached hydrogen (secondary N) is 1. The molecule has 0 fully saturated rings. The van der Waals surface area contributed by atoms with Crippen molar-refractivity contribution in [3.63, 3.8) is 0 Å². The van der Waals surface area contributed by atoms with Crippen molar-refractivity contribution >= 4 is 37.5 Å². The number of rotatable bonds is 8. The van der Waals surface area contributed by atoms with Crippen LogP contribution in [0.25, 0.3) is 0 Å². The number of carbonyl (C=O) groups is 2. The number of hydrogen-bond acceptors (Lipinski definition) is 5. The van der Waals surface area contributed by atoms with Gasteiger partial charge in [-0.2, -0.15) is 0 Å². The van der Waals surface area contributed by atoms with Crippen LogP contribution < -0.4 is 5.32 Å². The van der Waals surface area contributed by atoms with Gasteiger partial charge in [-0.25, -0.2) is 8.42 Å². The Hall–Kier alpha value is -2.03. The molecule has 0 bridgehead atoms. The van der Waals surface area contributed by atoms with Gasteiger partial charge >= 0.3 is 0 Å². The van der Waals surface area contributed by atoms with Crippen molar-refractivity contribution in [2.24, 2.45) is 0 Å². The van der Waals surface area contributed by atoms with Crippen molar-refractivity contribution in [1.82, 2.24) is 5.32 Å². The molecule has 0 saturated heterocycles. The Balaban J connectivity index is 2.14. The van der Waals surface area contributed by atoms with Crippen LogP contribution in [0.1, 0.15) is 39.2 Å². The molecule has 1 amide bonds. The van der Waals surface area contributed by atoms with Crippen LogP contribution >= 0.6 is 15.9 Å². The summed E-state index contributed by atoms with van der Waals surface area (Å²) in [5.74, 6) is -0.491. The van der Waals surface area contributed by atoms with E-state index >= 15 is 0 Å². The van der Waals surface area contributed by atoms with Gasteiger partial charge in [0.25, 0.3) is 5.91 Å². The van der Waals surface area contributed by atoms with Crippen LogP contribution in [0.2, 0.25) is 0 Å². The topological polar surface area (TPSA) is 101 Å². The molecule has 0 spiro atoms. The van der Waals surface area contributed by atoms with E-state index in [1.807, 2.05) is 0 Å². The lowest BCUT2D eigenvalue weighted by molar-refractivity contribution is 0.0915. The molecule has 2 N–H and O–H groups in total. The van der Waals surface area contributed by atoms with E-state index in [9.17, 15) is 23.1 Å². The summed E-state index contributed by atoms with van der Waals surface area (Å²) < 4.78 is 23.7. The van der Waals surface area contributed by atoms with E-state index in [0.29, 0.717) is 16.7 Å². The number of carbonyl (C=O) groups excluding carboxylic acids is 2. The number of alkyl halides is 1. The van der Waals surface area contributed by atoms with Crippen LogP contribution in [0.15, 0.2) is 53.4 Å². The lowest BCUT2D eigenvalue weighted by atomic mass is 10.1. The van der Waals surface area contributed by atoms with Crippen molar-refractivity contribution < 1.29 is 23.1 Å². The molecule has 0 aliphatic carbocycles. The zero-order valence-corrected chi connectivity index (χ0v) is 17.1. The Bertz CT molecular complexity index is 908. The maximum atomic E-state index is 12.4. The number of aliphatic hydroxyl groups is 1. The molecular formula is C19H20BrNO5S. The molecule has 0 heterocycles. The standard InChI is InChI=1S/C19H20BrNO5S/c1-2-27(25,26)16-9-7-13(8-10-16)17(12-22)21-19(24)15-5-3-14(4-6-15)18(23)11-20/h3-10,17,22H,2,11-12H2,1H3,(H,21,24)/t17-/m0/s1. The largest absolute Gasteiger partial charge is 0.394 e. The zero-order valence-electron chi connectivity index (χ0n) is 14.7. The second-order valence-electron chi connectivity index (χ2n) is 5.82. The Morgan fingerprint density at radius 3 is 2.07 bits per heavy atom. The smallest absolute Gasteiger partial charge is 0.251 e. The number of hydrogen-bond donors (Lipinski definition) is 2. The number of amides is 1. The molecule has 0 saturated carbocycles. The molecule has 0 radical (unpaired) electrons. The van der Waals surface area contributed by atoms with Crippen molar-refractivity contribution in [2.45, 2.75) is 17.9 Å². The Morgan fingerprint density at radius 1 is 1.04 bits per heavy atom. The van der Waals surface area contributed by atoms with Crippen LogP contribution in [0.4, 0.5) is 0 Å². The van der Waals surface area contributed by atoms with Gasteiger partial charge in [0.05, 0.1) is 28.6 Å². The SMILES string of the molecule is CCS(=O)(=O)c1ccc([C@H](CO)NC(=O)c2ccc(C(=O)CBr)cc2)cc1. The average Bonchev–Trinajstić information content (AvgIpc) is 2.71. The van der Waals surface area contributed by atoms with Crippen LogP contribution in [0.3, 0.4) is 0 Å². The number of ketones is 1. The van der Waals surface area contributed by atoms with E-state index in [-0.39, 0.29) is 28.4 Å². The summed E-state index contributed by atoms with van der Waals surface area (Å²) in [6, 6.07) is 11.6. The van der Waals surface area contributed by atoms with Gasteiger partial charge in [-0.15, -0.1) is 0 Å². The third-order valence-electron chi connectivity index (χ3n) is 4.10. The Kier molecular flexibility index (Phi) is 7.29. The second kappa shape index (κ2) is 9.25. The minimum atomic E-state index is -3.31. The van der Waals surface area contributed by atoms with E-state index in [4.69, 9.17) is 0 Å². The predicted octanol–water partition coefficient (Wildman–Crippen LogP) is 2.52. The third-order valence-corrected chi connectivity index (χ3v) is 6.36. The van der Waals surface area contributed by atoms with E-state index in [2.05, 4.69) is 21.2 Å². The zero-order chi connectivity index (χ0) is 20.0. The fourth-order valence-electron chi connectivity index (χ4n) is 2.43. The first-order chi connectivity index (χ1) is 12.8. The van der Waals surface area contributed by atoms with Crippen molar-refractivity contribution in [2.75, 3.05) is 17.7 Å². The molecule has 27 heavy (non-hydrogen) atoms. The molecule has 0 aliphatic heterocycles. The Labute approximate surface area is 166 Å². The maximum Gasteiger partial charge on any atom is 0.251 e. The highest BCUT2D eigenvalue weighted by Crippen LogP contribution is 2.18. The fraction of sp³-hybridized carbons (Fsp3) is 0.263. The molecule has 1 atom stereocenters. The molecular weight excluding hydrogens is 434 g/mol. The van der Waals surface area contributed by atoms with Gasteiger partial charge in [-0.3, -0.25) is 9.59 Å². The lowest BCUT2D eigenvalue weighted by Crippen LogP contribution is -2.30. The highest BCUT2D eigenvalue weighted by Gasteiger charge is 2.17. The van der Waals surface area contributed by atoms with Crippen molar-refractivity contribution in [3.8, 4) is 0 Å². The predicted molar refractivity (Wildman–Crippen MR) is 106 cm³/mol. The quantitative estimate of drug-likeness (QED) is 0.472. The van der Waals surface area contributed by atoms with Gasteiger partial charge < -0.3 is 10.4 Å². The summed E-state index contributed by atoms with van der Waals surface area (Å²) in [6.07, 6.45) is 0. The van der Waals surface area contributed by atoms with Gasteiger partial charge in [0.1, 0.15) is 0 Å². The molecule has 2 rings (SSSR count). The first-order valence-electron chi connectivity index (χ1n) is 8.26. The molecule has 0 aliphatic rings. The van der Waals surface area contributed by atoms with Crippen molar-refractivity contribution in [3.05, 3.63) is 65.2 Å². The molecule has 144 valence electrons. The Morgan fingerprint density at radius 2 is 1.59 bits per heavy atom. The van der Waals surface area contributed by atoms with Gasteiger partial charge in [-0.1, -0.05) is 47.1 Å². The van der Waals surface area contributed by atoms with Crippen LogP contribution in [-0.4, -0.2) is 42.9 Å². The van der Waals surface area contributed by atoms with Crippen LogP contribution in [0.5, 0.6) is 0 Å². The number of Topliss-reactive ketones (excluding diaryl/α,β-unsaturated/α-hetero) is 1. The van der Waals surface area contributed by atoms with Crippen molar-refractivity contribution in [1.29, 1.82) is 0 Å². The summed E-state index contributed by atoms with van der Waals surface area (Å²) in [5.41, 5.74) is 1.44. The van der Waals surface area contributed by atoms with Gasteiger partial charge in [0.2, 0.25) is 0 Å². The summed E-state index contributed by atoms with van der Waals surface area (Å²) in [5, 5.41) is 12.5. The minimum absolute atomic E-state index is 0.0000868. The van der Waals surface area contributed by atoms with Gasteiger partial charge in [0, 0.05) is 11.1 Å². The number of halogens is 1. The number of sulfone groups is 1. The number of benzene rings is 2. The number of aliphatic hydroxyl groups excluding tert-OH is 1. The van der Waals surface area contributed by atoms with E-state index < -0.39 is 21.8 Å². The van der Waals surface area contributed by atoms with Gasteiger partial charge in [-0.05, 0) is 29.8 Å². The highest BCUT2D eigenvalue weighted by atomic mass is 79.9. The molecule has 8 heteroatoms. The first-order valence-corrected chi connectivity index (χ1v) is 11.0. The molecule has 0 unspecified atom stereocenters. The third kappa shape index (κ3) is 5.24. The highest BCUT2D eigenvalue weighted by molar-refractivity contribution is 9.09. The molecule has 6 nitrogen and oxygen atoms in total. The van der Waals surface area contributed by atoms with Gasteiger partial charge in [0.15, 0.2) is 15.6 Å². The molecule has 2 aromatic rings. The summed E-state index contributed by atoms with van der Waals surface area (Å²) in [6.45, 7) is 1.22. The van der Waals surface area contributed by atoms with E-state index in [1.165, 1.54) is 24.3 Å². The van der Waals surface area contributed by atoms with E-state index in [1.54, 1.807) is 31.2 Å². The fourth-order valence-corrected chi connectivity index (χ4v) is 3.64. The maximum absolute atomic E-state index is 12.4. The molecule has 2 aromatic carbocycles. The summed E-state index contributed by atoms with van der Waals surface area (Å²) in [4.78, 5) is 24.2. The monoisotopic (exact) mass is 453 g/mol. The first kappa shape index (κ1) is 21.3. The lowest BCUT2D eigenvalue weighted by Gasteiger charge is -2.17. The molecule has 0 aromatic heterocycles. The summed E-state index contributed by atoms with van der Waals surface area (Å²) in [7, 11) is -3.31. The minimum Gasteiger partial charge on any atom is -0.394 e. The van der Waals surface area contributed by atoms with Crippen LogP contribution in [0, 0.1) is 0 Å². The van der Waals surface area contributed by atoms with Crippen LogP contribution in [-0.2, 0) is 9.84 Å². The average molecular weight is 454 g/mol. The normalized spacial score (nSPS) is 12.4.